The topological polar surface area (TPSA) is 46.2 Å². The molecule has 100 valence electrons. The molecule has 0 saturated carbocycles. The van der Waals surface area contributed by atoms with Crippen LogP contribution in [0.1, 0.15) is 5.56 Å². The Morgan fingerprint density at radius 3 is 2.89 bits per heavy atom. The SMILES string of the molecule is COc1cccc2c1OCC(OC)OCCOC2. The van der Waals surface area contributed by atoms with Gasteiger partial charge in [0.15, 0.2) is 17.8 Å². The van der Waals surface area contributed by atoms with Gasteiger partial charge in [-0.15, -0.1) is 0 Å². The molecule has 0 bridgehead atoms. The lowest BCUT2D eigenvalue weighted by atomic mass is 10.2. The van der Waals surface area contributed by atoms with E-state index in [1.807, 2.05) is 18.2 Å². The van der Waals surface area contributed by atoms with Gasteiger partial charge in [-0.1, -0.05) is 12.1 Å². The molecule has 0 N–H and O–H groups in total. The standard InChI is InChI=1S/C13H18O5/c1-14-11-5-3-4-10-8-16-6-7-17-12(15-2)9-18-13(10)11/h3-5,12H,6-9H2,1-2H3. The first-order valence-electron chi connectivity index (χ1n) is 5.86. The molecular weight excluding hydrogens is 236 g/mol. The van der Waals surface area contributed by atoms with Gasteiger partial charge in [-0.2, -0.15) is 0 Å². The van der Waals surface area contributed by atoms with Crippen molar-refractivity contribution in [2.45, 2.75) is 12.9 Å². The fourth-order valence-electron chi connectivity index (χ4n) is 1.76. The van der Waals surface area contributed by atoms with Crippen LogP contribution in [-0.4, -0.2) is 40.3 Å². The van der Waals surface area contributed by atoms with Crippen LogP contribution in [0.3, 0.4) is 0 Å². The lowest BCUT2D eigenvalue weighted by Gasteiger charge is -2.21. The molecule has 18 heavy (non-hydrogen) atoms. The highest BCUT2D eigenvalue weighted by Gasteiger charge is 2.16. The van der Waals surface area contributed by atoms with Crippen molar-refractivity contribution in [3.8, 4) is 11.5 Å². The summed E-state index contributed by atoms with van der Waals surface area (Å²) in [5.74, 6) is 1.37. The molecule has 1 unspecified atom stereocenters. The number of ether oxygens (including phenoxy) is 5. The van der Waals surface area contributed by atoms with E-state index in [-0.39, 0.29) is 0 Å². The molecule has 1 atom stereocenters. The van der Waals surface area contributed by atoms with Crippen molar-refractivity contribution in [3.63, 3.8) is 0 Å². The molecule has 1 aliphatic heterocycles. The van der Waals surface area contributed by atoms with E-state index in [1.165, 1.54) is 0 Å². The fourth-order valence-corrected chi connectivity index (χ4v) is 1.76. The number of para-hydroxylation sites is 1. The van der Waals surface area contributed by atoms with Gasteiger partial charge in [-0.3, -0.25) is 0 Å². The minimum Gasteiger partial charge on any atom is -0.493 e. The average Bonchev–Trinajstić information content (AvgIpc) is 2.43. The summed E-state index contributed by atoms with van der Waals surface area (Å²) in [6.07, 6.45) is -0.399. The number of rotatable bonds is 2. The largest absolute Gasteiger partial charge is 0.493 e. The highest BCUT2D eigenvalue weighted by molar-refractivity contribution is 5.46. The van der Waals surface area contributed by atoms with Gasteiger partial charge in [-0.25, -0.2) is 0 Å². The van der Waals surface area contributed by atoms with E-state index in [2.05, 4.69) is 0 Å². The van der Waals surface area contributed by atoms with Crippen molar-refractivity contribution in [2.24, 2.45) is 0 Å². The van der Waals surface area contributed by atoms with Gasteiger partial charge in [0.05, 0.1) is 26.9 Å². The van der Waals surface area contributed by atoms with E-state index in [1.54, 1.807) is 14.2 Å². The summed E-state index contributed by atoms with van der Waals surface area (Å²) in [6.45, 7) is 1.81. The molecule has 0 fully saturated rings. The Hall–Kier alpha value is -1.30. The zero-order valence-electron chi connectivity index (χ0n) is 10.7. The monoisotopic (exact) mass is 254 g/mol. The molecule has 0 aliphatic carbocycles. The number of fused-ring (bicyclic) bond motifs is 1. The summed E-state index contributed by atoms with van der Waals surface area (Å²) in [5, 5.41) is 0. The van der Waals surface area contributed by atoms with Crippen LogP contribution in [0.5, 0.6) is 11.5 Å². The van der Waals surface area contributed by atoms with E-state index in [9.17, 15) is 0 Å². The number of methoxy groups -OCH3 is 2. The third kappa shape index (κ3) is 3.13. The van der Waals surface area contributed by atoms with E-state index in [4.69, 9.17) is 23.7 Å². The maximum absolute atomic E-state index is 5.73. The predicted molar refractivity (Wildman–Crippen MR) is 64.9 cm³/mol. The molecule has 1 aromatic carbocycles. The van der Waals surface area contributed by atoms with E-state index < -0.39 is 6.29 Å². The van der Waals surface area contributed by atoms with Crippen LogP contribution < -0.4 is 9.47 Å². The summed E-state index contributed by atoms with van der Waals surface area (Å²) in [7, 11) is 3.20. The second-order valence-electron chi connectivity index (χ2n) is 3.85. The van der Waals surface area contributed by atoms with Crippen LogP contribution in [-0.2, 0) is 20.8 Å². The van der Waals surface area contributed by atoms with Crippen LogP contribution in [0, 0.1) is 0 Å². The van der Waals surface area contributed by atoms with E-state index in [0.29, 0.717) is 37.9 Å². The van der Waals surface area contributed by atoms with Crippen LogP contribution in [0.4, 0.5) is 0 Å². The van der Waals surface area contributed by atoms with E-state index in [0.717, 1.165) is 5.56 Å². The lowest BCUT2D eigenvalue weighted by Crippen LogP contribution is -2.26. The molecule has 2 rings (SSSR count). The first-order valence-corrected chi connectivity index (χ1v) is 5.86. The van der Waals surface area contributed by atoms with Crippen molar-refractivity contribution in [2.75, 3.05) is 34.0 Å². The quantitative estimate of drug-likeness (QED) is 0.802. The summed E-state index contributed by atoms with van der Waals surface area (Å²) >= 11 is 0. The number of hydrogen-bond acceptors (Lipinski definition) is 5. The Bertz CT molecular complexity index is 380. The van der Waals surface area contributed by atoms with Gasteiger partial charge < -0.3 is 23.7 Å². The number of benzene rings is 1. The predicted octanol–water partition coefficient (Wildman–Crippen LogP) is 1.59. The summed E-state index contributed by atoms with van der Waals surface area (Å²) in [5.41, 5.74) is 0.964. The average molecular weight is 254 g/mol. The summed E-state index contributed by atoms with van der Waals surface area (Å²) in [6, 6.07) is 5.73. The van der Waals surface area contributed by atoms with Crippen LogP contribution in [0.2, 0.25) is 0 Å². The first-order chi connectivity index (χ1) is 8.85. The zero-order chi connectivity index (χ0) is 12.8. The molecular formula is C13H18O5. The lowest BCUT2D eigenvalue weighted by molar-refractivity contribution is -0.152. The second-order valence-corrected chi connectivity index (χ2v) is 3.85. The van der Waals surface area contributed by atoms with Gasteiger partial charge >= 0.3 is 0 Å². The summed E-state index contributed by atoms with van der Waals surface area (Å²) < 4.78 is 27.1. The van der Waals surface area contributed by atoms with E-state index >= 15 is 0 Å². The summed E-state index contributed by atoms with van der Waals surface area (Å²) in [4.78, 5) is 0. The molecule has 5 heteroatoms. The van der Waals surface area contributed by atoms with Gasteiger partial charge in [0.2, 0.25) is 0 Å². The van der Waals surface area contributed by atoms with Crippen LogP contribution in [0.15, 0.2) is 18.2 Å². The molecule has 1 aliphatic rings. The molecule has 5 nitrogen and oxygen atoms in total. The Kier molecular flexibility index (Phi) is 4.81. The Morgan fingerprint density at radius 2 is 2.11 bits per heavy atom. The minimum atomic E-state index is -0.399. The maximum Gasteiger partial charge on any atom is 0.191 e. The molecule has 0 radical (unpaired) electrons. The highest BCUT2D eigenvalue weighted by Crippen LogP contribution is 2.32. The van der Waals surface area contributed by atoms with Crippen LogP contribution in [0.25, 0.3) is 0 Å². The molecule has 1 aromatic rings. The normalized spacial score (nSPS) is 20.7. The first kappa shape index (κ1) is 13.1. The Morgan fingerprint density at radius 1 is 1.22 bits per heavy atom. The van der Waals surface area contributed by atoms with Gasteiger partial charge in [0, 0.05) is 12.7 Å². The second kappa shape index (κ2) is 6.58. The minimum absolute atomic E-state index is 0.323. The van der Waals surface area contributed by atoms with Gasteiger partial charge in [0.1, 0.15) is 6.61 Å². The van der Waals surface area contributed by atoms with Crippen molar-refractivity contribution in [1.29, 1.82) is 0 Å². The third-order valence-corrected chi connectivity index (χ3v) is 2.70. The highest BCUT2D eigenvalue weighted by atomic mass is 16.7. The van der Waals surface area contributed by atoms with Crippen molar-refractivity contribution in [1.82, 2.24) is 0 Å². The van der Waals surface area contributed by atoms with Crippen molar-refractivity contribution >= 4 is 0 Å². The third-order valence-electron chi connectivity index (χ3n) is 2.70. The van der Waals surface area contributed by atoms with Crippen molar-refractivity contribution < 1.29 is 23.7 Å². The molecule has 0 amide bonds. The van der Waals surface area contributed by atoms with Crippen LogP contribution >= 0.6 is 0 Å². The smallest absolute Gasteiger partial charge is 0.191 e. The Balaban J connectivity index is 2.21. The van der Waals surface area contributed by atoms with Crippen molar-refractivity contribution in [3.05, 3.63) is 23.8 Å². The van der Waals surface area contributed by atoms with Gasteiger partial charge in [0.25, 0.3) is 0 Å². The molecule has 0 saturated heterocycles. The maximum atomic E-state index is 5.73. The Labute approximate surface area is 107 Å². The molecule has 0 spiro atoms. The van der Waals surface area contributed by atoms with Gasteiger partial charge in [-0.05, 0) is 6.07 Å². The number of hydrogen-bond donors (Lipinski definition) is 0. The zero-order valence-corrected chi connectivity index (χ0v) is 10.7. The molecule has 1 heterocycles. The molecule has 0 aromatic heterocycles. The fraction of sp³-hybridized carbons (Fsp3) is 0.538.